The van der Waals surface area contributed by atoms with Crippen LogP contribution in [-0.4, -0.2) is 16.6 Å². The Kier molecular flexibility index (Phi) is 6.92. The Morgan fingerprint density at radius 1 is 0.727 bits per heavy atom. The topological polar surface area (TPSA) is 9.23 Å². The monoisotopic (exact) mass is 418 g/mol. The van der Waals surface area contributed by atoms with E-state index in [-0.39, 0.29) is 0 Å². The summed E-state index contributed by atoms with van der Waals surface area (Å²) in [6.07, 6.45) is 17.9. The number of hydrogen-bond acceptors (Lipinski definition) is 1. The largest absolute Gasteiger partial charge is 0.378 e. The molecule has 0 N–H and O–H groups in total. The molecule has 3 rings (SSSR count). The second-order valence-corrected chi connectivity index (χ2v) is 10.3. The molecule has 128 valence electrons. The van der Waals surface area contributed by atoms with Crippen LogP contribution in [0.3, 0.4) is 0 Å². The fourth-order valence-electron chi connectivity index (χ4n) is 5.04. The second kappa shape index (κ2) is 8.69. The maximum atomic E-state index is 6.26. The van der Waals surface area contributed by atoms with Gasteiger partial charge in [0.15, 0.2) is 0 Å². The third kappa shape index (κ3) is 5.09. The average molecular weight is 418 g/mol. The molecule has 3 fully saturated rings. The molecule has 0 unspecified atom stereocenters. The molecular formula is C20H35IO. The fraction of sp³-hybridized carbons (Fsp3) is 1.00. The summed E-state index contributed by atoms with van der Waals surface area (Å²) in [4.78, 5) is 0. The number of ether oxygens (including phenoxy) is 1. The van der Waals surface area contributed by atoms with Gasteiger partial charge in [0.05, 0.1) is 6.10 Å². The lowest BCUT2D eigenvalue weighted by molar-refractivity contribution is -0.0107. The summed E-state index contributed by atoms with van der Waals surface area (Å²) in [7, 11) is 0. The van der Waals surface area contributed by atoms with Gasteiger partial charge in [0.2, 0.25) is 0 Å². The predicted molar refractivity (Wildman–Crippen MR) is 103 cm³/mol. The van der Waals surface area contributed by atoms with E-state index < -0.39 is 0 Å². The third-order valence-electron chi connectivity index (χ3n) is 6.79. The Labute approximate surface area is 151 Å². The first-order valence-electron chi connectivity index (χ1n) is 9.96. The van der Waals surface area contributed by atoms with E-state index in [4.69, 9.17) is 4.74 Å². The molecule has 0 bridgehead atoms. The van der Waals surface area contributed by atoms with Gasteiger partial charge in [-0.1, -0.05) is 29.5 Å². The molecule has 0 spiro atoms. The van der Waals surface area contributed by atoms with Crippen LogP contribution in [0, 0.1) is 23.7 Å². The summed E-state index contributed by atoms with van der Waals surface area (Å²) in [6.45, 7) is 3.45. The van der Waals surface area contributed by atoms with Gasteiger partial charge in [0, 0.05) is 10.5 Å². The first-order chi connectivity index (χ1) is 10.7. The van der Waals surface area contributed by atoms with Crippen LogP contribution in [0.15, 0.2) is 0 Å². The van der Waals surface area contributed by atoms with Gasteiger partial charge in [0.1, 0.15) is 0 Å². The van der Waals surface area contributed by atoms with Crippen molar-refractivity contribution < 1.29 is 4.74 Å². The zero-order valence-electron chi connectivity index (χ0n) is 14.4. The molecule has 2 heteroatoms. The molecule has 3 aliphatic rings. The standard InChI is InChI=1S/C20H35IO/c1-15-2-12-20(13-3-15)22-14-16-4-6-17(7-5-16)18-8-10-19(21)11-9-18/h15-20H,2-14H2,1H3. The lowest BCUT2D eigenvalue weighted by Gasteiger charge is -2.37. The van der Waals surface area contributed by atoms with Crippen molar-refractivity contribution in [2.45, 2.75) is 94.0 Å². The van der Waals surface area contributed by atoms with Crippen molar-refractivity contribution in [3.05, 3.63) is 0 Å². The van der Waals surface area contributed by atoms with E-state index in [9.17, 15) is 0 Å². The number of hydrogen-bond donors (Lipinski definition) is 0. The SMILES string of the molecule is CC1CCC(OCC2CCC(C3CCC(I)CC3)CC2)CC1. The maximum Gasteiger partial charge on any atom is 0.0575 e. The number of rotatable bonds is 4. The predicted octanol–water partition coefficient (Wildman–Crippen LogP) is 6.38. The molecule has 0 aromatic rings. The molecule has 0 saturated heterocycles. The van der Waals surface area contributed by atoms with E-state index in [0.29, 0.717) is 6.10 Å². The number of halogens is 1. The van der Waals surface area contributed by atoms with E-state index >= 15 is 0 Å². The van der Waals surface area contributed by atoms with Crippen LogP contribution in [0.4, 0.5) is 0 Å². The quantitative estimate of drug-likeness (QED) is 0.380. The Morgan fingerprint density at radius 2 is 1.27 bits per heavy atom. The zero-order chi connectivity index (χ0) is 15.4. The van der Waals surface area contributed by atoms with Gasteiger partial charge in [0.25, 0.3) is 0 Å². The molecule has 1 nitrogen and oxygen atoms in total. The second-order valence-electron chi connectivity index (χ2n) is 8.51. The Hall–Kier alpha value is 0.690. The Bertz CT molecular complexity index is 308. The molecule has 3 saturated carbocycles. The van der Waals surface area contributed by atoms with Gasteiger partial charge in [-0.15, -0.1) is 0 Å². The van der Waals surface area contributed by atoms with E-state index in [1.807, 2.05) is 0 Å². The zero-order valence-corrected chi connectivity index (χ0v) is 16.6. The molecule has 0 aromatic carbocycles. The van der Waals surface area contributed by atoms with E-state index in [1.165, 1.54) is 77.0 Å². The van der Waals surface area contributed by atoms with Crippen molar-refractivity contribution in [1.29, 1.82) is 0 Å². The van der Waals surface area contributed by atoms with Crippen LogP contribution in [0.1, 0.15) is 84.0 Å². The first kappa shape index (κ1) is 17.5. The summed E-state index contributed by atoms with van der Waals surface area (Å²) in [5.74, 6) is 3.92. The highest BCUT2D eigenvalue weighted by Gasteiger charge is 2.30. The normalized spacial score (nSPS) is 43.9. The summed E-state index contributed by atoms with van der Waals surface area (Å²) in [5, 5.41) is 0. The molecule has 0 aliphatic heterocycles. The van der Waals surface area contributed by atoms with Crippen LogP contribution in [0.25, 0.3) is 0 Å². The maximum absolute atomic E-state index is 6.26. The van der Waals surface area contributed by atoms with Crippen LogP contribution >= 0.6 is 22.6 Å². The van der Waals surface area contributed by atoms with Crippen LogP contribution < -0.4 is 0 Å². The van der Waals surface area contributed by atoms with Gasteiger partial charge in [-0.25, -0.2) is 0 Å². The minimum absolute atomic E-state index is 0.591. The molecule has 0 amide bonds. The third-order valence-corrected chi connectivity index (χ3v) is 8.04. The van der Waals surface area contributed by atoms with E-state index in [2.05, 4.69) is 29.5 Å². The van der Waals surface area contributed by atoms with Crippen LogP contribution in [0.2, 0.25) is 0 Å². The first-order valence-corrected chi connectivity index (χ1v) is 11.2. The molecule has 0 aromatic heterocycles. The van der Waals surface area contributed by atoms with Gasteiger partial charge in [-0.3, -0.25) is 0 Å². The molecule has 0 radical (unpaired) electrons. The van der Waals surface area contributed by atoms with Crippen molar-refractivity contribution >= 4 is 22.6 Å². The van der Waals surface area contributed by atoms with Crippen molar-refractivity contribution in [1.82, 2.24) is 0 Å². The molecule has 22 heavy (non-hydrogen) atoms. The molecule has 3 aliphatic carbocycles. The van der Waals surface area contributed by atoms with Crippen LogP contribution in [-0.2, 0) is 4.74 Å². The van der Waals surface area contributed by atoms with Crippen molar-refractivity contribution in [3.8, 4) is 0 Å². The molecule has 0 atom stereocenters. The highest BCUT2D eigenvalue weighted by atomic mass is 127. The molecular weight excluding hydrogens is 383 g/mol. The minimum atomic E-state index is 0.591. The summed E-state index contributed by atoms with van der Waals surface area (Å²) in [6, 6.07) is 0. The van der Waals surface area contributed by atoms with E-state index in [0.717, 1.165) is 34.2 Å². The van der Waals surface area contributed by atoms with Gasteiger partial charge >= 0.3 is 0 Å². The highest BCUT2D eigenvalue weighted by Crippen LogP contribution is 2.41. The summed E-state index contributed by atoms with van der Waals surface area (Å²) in [5.41, 5.74) is 0. The smallest absolute Gasteiger partial charge is 0.0575 e. The van der Waals surface area contributed by atoms with E-state index in [1.54, 1.807) is 0 Å². The summed E-state index contributed by atoms with van der Waals surface area (Å²) >= 11 is 2.66. The number of alkyl halides is 1. The van der Waals surface area contributed by atoms with Crippen molar-refractivity contribution in [2.75, 3.05) is 6.61 Å². The van der Waals surface area contributed by atoms with Gasteiger partial charge < -0.3 is 4.74 Å². The highest BCUT2D eigenvalue weighted by molar-refractivity contribution is 14.1. The van der Waals surface area contributed by atoms with Gasteiger partial charge in [-0.2, -0.15) is 0 Å². The average Bonchev–Trinajstić information content (AvgIpc) is 2.56. The van der Waals surface area contributed by atoms with Gasteiger partial charge in [-0.05, 0) is 101 Å². The Balaban J connectivity index is 1.32. The minimum Gasteiger partial charge on any atom is -0.378 e. The van der Waals surface area contributed by atoms with Crippen molar-refractivity contribution in [3.63, 3.8) is 0 Å². The lowest BCUT2D eigenvalue weighted by atomic mass is 9.71. The molecule has 0 heterocycles. The van der Waals surface area contributed by atoms with Crippen LogP contribution in [0.5, 0.6) is 0 Å². The Morgan fingerprint density at radius 3 is 1.86 bits per heavy atom. The fourth-order valence-corrected chi connectivity index (χ4v) is 5.76. The lowest BCUT2D eigenvalue weighted by Crippen LogP contribution is -2.28. The summed E-state index contributed by atoms with van der Waals surface area (Å²) < 4.78 is 7.23. The van der Waals surface area contributed by atoms with Crippen molar-refractivity contribution in [2.24, 2.45) is 23.7 Å².